The first-order valence-corrected chi connectivity index (χ1v) is 7.23. The molecule has 2 amide bonds. The van der Waals surface area contributed by atoms with E-state index in [1.54, 1.807) is 19.9 Å². The van der Waals surface area contributed by atoms with Gasteiger partial charge in [0.15, 0.2) is 0 Å². The number of nitrogens with zero attached hydrogens (tertiary/aromatic N) is 3. The van der Waals surface area contributed by atoms with E-state index in [-0.39, 0.29) is 17.8 Å². The maximum absolute atomic E-state index is 12.6. The molecule has 0 saturated heterocycles. The van der Waals surface area contributed by atoms with Crippen LogP contribution in [0.5, 0.6) is 0 Å². The van der Waals surface area contributed by atoms with Gasteiger partial charge in [0.2, 0.25) is 0 Å². The Bertz CT molecular complexity index is 814. The van der Waals surface area contributed by atoms with Gasteiger partial charge in [-0.1, -0.05) is 0 Å². The number of hydrazine groups is 1. The molecule has 10 heteroatoms. The van der Waals surface area contributed by atoms with E-state index in [0.29, 0.717) is 6.07 Å². The van der Waals surface area contributed by atoms with E-state index < -0.39 is 23.7 Å². The molecule has 25 heavy (non-hydrogen) atoms. The summed E-state index contributed by atoms with van der Waals surface area (Å²) in [6.07, 6.45) is -4.59. The van der Waals surface area contributed by atoms with E-state index in [0.717, 1.165) is 17.5 Å². The van der Waals surface area contributed by atoms with Gasteiger partial charge in [-0.2, -0.15) is 18.3 Å². The average molecular weight is 355 g/mol. The zero-order chi connectivity index (χ0) is 18.8. The van der Waals surface area contributed by atoms with Crippen LogP contribution in [0.15, 0.2) is 18.2 Å². The Balaban J connectivity index is 1.98. The minimum Gasteiger partial charge on any atom is -0.271 e. The Kier molecular flexibility index (Phi) is 5.10. The topological polar surface area (TPSA) is 88.9 Å². The summed E-state index contributed by atoms with van der Waals surface area (Å²) in [6.45, 7) is 4.73. The van der Waals surface area contributed by atoms with Crippen LogP contribution >= 0.6 is 0 Å². The molecule has 0 unspecified atom stereocenters. The van der Waals surface area contributed by atoms with Gasteiger partial charge in [0, 0.05) is 5.69 Å². The highest BCUT2D eigenvalue weighted by Crippen LogP contribution is 2.28. The summed E-state index contributed by atoms with van der Waals surface area (Å²) >= 11 is 0. The fraction of sp³-hybridized carbons (Fsp3) is 0.333. The van der Waals surface area contributed by atoms with E-state index in [4.69, 9.17) is 0 Å². The van der Waals surface area contributed by atoms with Crippen molar-refractivity contribution in [3.05, 3.63) is 46.5 Å². The first-order chi connectivity index (χ1) is 11.6. The lowest BCUT2D eigenvalue weighted by molar-refractivity contribution is -0.141. The van der Waals surface area contributed by atoms with E-state index in [9.17, 15) is 22.8 Å². The summed E-state index contributed by atoms with van der Waals surface area (Å²) in [6, 6.07) is 3.51. The molecule has 0 aliphatic heterocycles. The molecule has 134 valence electrons. The molecule has 2 heterocycles. The minimum absolute atomic E-state index is 0.0700. The number of pyridine rings is 1. The van der Waals surface area contributed by atoms with E-state index in [1.165, 1.54) is 11.6 Å². The number of aryl methyl sites for hydroxylation is 3. The summed E-state index contributed by atoms with van der Waals surface area (Å²) in [5.41, 5.74) is 4.61. The molecule has 0 aliphatic rings. The molecule has 0 aromatic carbocycles. The Morgan fingerprint density at radius 2 is 1.84 bits per heavy atom. The van der Waals surface area contributed by atoms with Gasteiger partial charge in [0.1, 0.15) is 12.2 Å². The number of nitrogens with one attached hydrogen (secondary N) is 2. The summed E-state index contributed by atoms with van der Waals surface area (Å²) in [4.78, 5) is 27.2. The fourth-order valence-corrected chi connectivity index (χ4v) is 2.16. The van der Waals surface area contributed by atoms with E-state index >= 15 is 0 Å². The second-order valence-electron chi connectivity index (χ2n) is 5.41. The Hall–Kier alpha value is -2.91. The second-order valence-corrected chi connectivity index (χ2v) is 5.41. The van der Waals surface area contributed by atoms with Crippen LogP contribution in [0.1, 0.15) is 33.1 Å². The van der Waals surface area contributed by atoms with Crippen LogP contribution in [0.4, 0.5) is 13.2 Å². The maximum Gasteiger partial charge on any atom is 0.433 e. The Morgan fingerprint density at radius 1 is 1.16 bits per heavy atom. The van der Waals surface area contributed by atoms with Crippen LogP contribution in [0, 0.1) is 20.8 Å². The molecule has 0 aliphatic carbocycles. The first-order valence-electron chi connectivity index (χ1n) is 7.23. The monoisotopic (exact) mass is 355 g/mol. The van der Waals surface area contributed by atoms with E-state index in [2.05, 4.69) is 20.9 Å². The van der Waals surface area contributed by atoms with Crippen molar-refractivity contribution in [1.82, 2.24) is 25.6 Å². The van der Waals surface area contributed by atoms with Gasteiger partial charge in [-0.05, 0) is 39.0 Å². The van der Waals surface area contributed by atoms with Crippen LogP contribution in [-0.4, -0.2) is 26.6 Å². The largest absolute Gasteiger partial charge is 0.433 e. The molecule has 2 N–H and O–H groups in total. The smallest absolute Gasteiger partial charge is 0.271 e. The van der Waals surface area contributed by atoms with Crippen LogP contribution < -0.4 is 10.9 Å². The molecule has 0 radical (unpaired) electrons. The van der Waals surface area contributed by atoms with Gasteiger partial charge < -0.3 is 0 Å². The normalized spacial score (nSPS) is 11.3. The molecule has 0 spiro atoms. The lowest BCUT2D eigenvalue weighted by Gasteiger charge is -2.11. The van der Waals surface area contributed by atoms with E-state index in [1.807, 2.05) is 0 Å². The average Bonchev–Trinajstić information content (AvgIpc) is 2.81. The highest BCUT2D eigenvalue weighted by atomic mass is 19.4. The molecule has 0 saturated carbocycles. The van der Waals surface area contributed by atoms with Gasteiger partial charge in [0.05, 0.1) is 17.0 Å². The van der Waals surface area contributed by atoms with Crippen LogP contribution in [0.3, 0.4) is 0 Å². The van der Waals surface area contributed by atoms with Crippen molar-refractivity contribution < 1.29 is 22.8 Å². The number of carbonyl (C=O) groups excluding carboxylic acids is 2. The van der Waals surface area contributed by atoms with Crippen LogP contribution in [0.25, 0.3) is 0 Å². The van der Waals surface area contributed by atoms with Crippen molar-refractivity contribution in [2.24, 2.45) is 0 Å². The predicted octanol–water partition coefficient (Wildman–Crippen LogP) is 1.68. The quantitative estimate of drug-likeness (QED) is 0.820. The number of alkyl halides is 3. The SMILES string of the molecule is Cc1cc(C)n(CC(=O)NNC(=O)c2ccc(C(F)(F)F)nc2C)n1. The first kappa shape index (κ1) is 18.4. The Labute approximate surface area is 141 Å². The van der Waals surface area contributed by atoms with Crippen molar-refractivity contribution in [3.63, 3.8) is 0 Å². The number of aromatic nitrogens is 3. The molecular weight excluding hydrogens is 339 g/mol. The number of hydrogen-bond acceptors (Lipinski definition) is 4. The minimum atomic E-state index is -4.59. The van der Waals surface area contributed by atoms with Gasteiger partial charge in [-0.15, -0.1) is 0 Å². The van der Waals surface area contributed by atoms with Crippen molar-refractivity contribution in [1.29, 1.82) is 0 Å². The zero-order valence-electron chi connectivity index (χ0n) is 13.7. The number of carbonyl (C=O) groups is 2. The van der Waals surface area contributed by atoms with Crippen LogP contribution in [-0.2, 0) is 17.5 Å². The van der Waals surface area contributed by atoms with Crippen LogP contribution in [0.2, 0.25) is 0 Å². The fourth-order valence-electron chi connectivity index (χ4n) is 2.16. The molecule has 2 rings (SSSR count). The molecule has 7 nitrogen and oxygen atoms in total. The van der Waals surface area contributed by atoms with Crippen molar-refractivity contribution >= 4 is 11.8 Å². The summed E-state index contributed by atoms with van der Waals surface area (Å²) in [5, 5.41) is 4.11. The predicted molar refractivity (Wildman–Crippen MR) is 81.3 cm³/mol. The molecule has 0 atom stereocenters. The highest BCUT2D eigenvalue weighted by Gasteiger charge is 2.33. The van der Waals surface area contributed by atoms with Gasteiger partial charge in [0.25, 0.3) is 11.8 Å². The number of rotatable bonds is 3. The lowest BCUT2D eigenvalue weighted by Crippen LogP contribution is -2.43. The second kappa shape index (κ2) is 6.91. The lowest BCUT2D eigenvalue weighted by atomic mass is 10.1. The number of amides is 2. The molecule has 2 aromatic heterocycles. The Morgan fingerprint density at radius 3 is 2.36 bits per heavy atom. The van der Waals surface area contributed by atoms with Crippen molar-refractivity contribution in [3.8, 4) is 0 Å². The van der Waals surface area contributed by atoms with Gasteiger partial charge in [-0.25, -0.2) is 4.98 Å². The third-order valence-corrected chi connectivity index (χ3v) is 3.33. The highest BCUT2D eigenvalue weighted by molar-refractivity contribution is 5.96. The third kappa shape index (κ3) is 4.55. The summed E-state index contributed by atoms with van der Waals surface area (Å²) in [7, 11) is 0. The zero-order valence-corrected chi connectivity index (χ0v) is 13.7. The number of halogens is 3. The van der Waals surface area contributed by atoms with Crippen molar-refractivity contribution in [2.75, 3.05) is 0 Å². The number of hydrogen-bond donors (Lipinski definition) is 2. The van der Waals surface area contributed by atoms with Crippen molar-refractivity contribution in [2.45, 2.75) is 33.5 Å². The molecule has 0 bridgehead atoms. The van der Waals surface area contributed by atoms with Gasteiger partial charge in [-0.3, -0.25) is 25.1 Å². The maximum atomic E-state index is 12.6. The molecular formula is C15H16F3N5O2. The van der Waals surface area contributed by atoms with Gasteiger partial charge >= 0.3 is 6.18 Å². The standard InChI is InChI=1S/C15H16F3N5O2/c1-8-6-9(2)23(22-8)7-13(24)20-21-14(25)11-4-5-12(15(16,17)18)19-10(11)3/h4-6H,7H2,1-3H3,(H,20,24)(H,21,25). The summed E-state index contributed by atoms with van der Waals surface area (Å²) in [5.74, 6) is -1.29. The third-order valence-electron chi connectivity index (χ3n) is 3.33. The summed E-state index contributed by atoms with van der Waals surface area (Å²) < 4.78 is 39.2. The molecule has 2 aromatic rings. The molecule has 0 fully saturated rings.